The predicted octanol–water partition coefficient (Wildman–Crippen LogP) is 5.69. The van der Waals surface area contributed by atoms with Crippen LogP contribution in [0.2, 0.25) is 0 Å². The van der Waals surface area contributed by atoms with E-state index in [1.165, 1.54) is 5.56 Å². The van der Waals surface area contributed by atoms with Gasteiger partial charge >= 0.3 is 0 Å². The Balaban J connectivity index is 2.35. The van der Waals surface area contributed by atoms with Crippen LogP contribution >= 0.6 is 23.5 Å². The van der Waals surface area contributed by atoms with E-state index in [0.29, 0.717) is 0 Å². The third-order valence-corrected chi connectivity index (χ3v) is 6.38. The van der Waals surface area contributed by atoms with Gasteiger partial charge in [-0.2, -0.15) is 0 Å². The molecule has 0 saturated carbocycles. The summed E-state index contributed by atoms with van der Waals surface area (Å²) in [6, 6.07) is 10.2. The van der Waals surface area contributed by atoms with Gasteiger partial charge < -0.3 is 5.11 Å². The van der Waals surface area contributed by atoms with E-state index in [1.807, 2.05) is 18.2 Å². The number of rotatable bonds is 5. The lowest BCUT2D eigenvalue weighted by molar-refractivity contribution is 0.194. The molecule has 24 heavy (non-hydrogen) atoms. The van der Waals surface area contributed by atoms with E-state index in [0.717, 1.165) is 21.7 Å². The molecule has 0 bridgehead atoms. The molecule has 0 aliphatic heterocycles. The molecule has 0 spiro atoms. The first-order valence-electron chi connectivity index (χ1n) is 8.19. The summed E-state index contributed by atoms with van der Waals surface area (Å²) in [5.41, 5.74) is 4.59. The van der Waals surface area contributed by atoms with Crippen LogP contribution in [0.1, 0.15) is 49.1 Å². The number of aromatic nitrogens is 1. The Kier molecular flexibility index (Phi) is 6.40. The Labute approximate surface area is 154 Å². The summed E-state index contributed by atoms with van der Waals surface area (Å²) in [7, 11) is 0. The summed E-state index contributed by atoms with van der Waals surface area (Å²) in [6.45, 7) is 12.8. The lowest BCUT2D eigenvalue weighted by atomic mass is 9.96. The van der Waals surface area contributed by atoms with Gasteiger partial charge in [-0.1, -0.05) is 56.3 Å². The number of benzene rings is 1. The molecule has 1 aromatic carbocycles. The Bertz CT molecular complexity index is 657. The maximum Gasteiger partial charge on any atom is 0.101 e. The minimum atomic E-state index is -0.540. The molecule has 0 aliphatic carbocycles. The number of aryl methyl sites for hydroxylation is 3. The Hall–Kier alpha value is -0.970. The average Bonchev–Trinajstić information content (AvgIpc) is 2.45. The van der Waals surface area contributed by atoms with Crippen molar-refractivity contribution in [1.82, 2.24) is 4.98 Å². The van der Waals surface area contributed by atoms with E-state index in [4.69, 9.17) is 0 Å². The molecule has 0 fully saturated rings. The highest BCUT2D eigenvalue weighted by Crippen LogP contribution is 2.45. The van der Waals surface area contributed by atoms with Crippen LogP contribution in [0.25, 0.3) is 0 Å². The fourth-order valence-corrected chi connectivity index (χ4v) is 5.93. The van der Waals surface area contributed by atoms with Crippen molar-refractivity contribution in [2.75, 3.05) is 0 Å². The lowest BCUT2D eigenvalue weighted by Gasteiger charge is -2.30. The number of aliphatic hydroxyl groups is 1. The first-order chi connectivity index (χ1) is 11.2. The fraction of sp³-hybridized carbons (Fsp3) is 0.450. The molecule has 2 rings (SSSR count). The normalized spacial score (nSPS) is 14.5. The standard InChI is InChI=1S/C20H27NOS2/c1-13-11-14(2)17(15(3)12-13)18(22)19(24-20(4,5)6)23-16-9-7-8-10-21-16/h7-12,18-19,22H,1-6H3/t18-,19+/m0/s1. The van der Waals surface area contributed by atoms with Crippen molar-refractivity contribution in [3.8, 4) is 0 Å². The van der Waals surface area contributed by atoms with Gasteiger partial charge in [-0.05, 0) is 49.6 Å². The van der Waals surface area contributed by atoms with E-state index in [1.54, 1.807) is 29.7 Å². The number of aliphatic hydroxyl groups excluding tert-OH is 1. The van der Waals surface area contributed by atoms with Gasteiger partial charge in [-0.3, -0.25) is 0 Å². The average molecular weight is 362 g/mol. The van der Waals surface area contributed by atoms with Gasteiger partial charge in [0.25, 0.3) is 0 Å². The van der Waals surface area contributed by atoms with Crippen molar-refractivity contribution in [2.45, 2.75) is 62.0 Å². The van der Waals surface area contributed by atoms with Gasteiger partial charge in [0.05, 0.1) is 9.61 Å². The number of pyridine rings is 1. The van der Waals surface area contributed by atoms with Crippen molar-refractivity contribution in [2.24, 2.45) is 0 Å². The zero-order valence-electron chi connectivity index (χ0n) is 15.3. The first kappa shape index (κ1) is 19.4. The van der Waals surface area contributed by atoms with Gasteiger partial charge in [-0.15, -0.1) is 11.8 Å². The van der Waals surface area contributed by atoms with E-state index >= 15 is 0 Å². The molecule has 1 N–H and O–H groups in total. The van der Waals surface area contributed by atoms with E-state index in [2.05, 4.69) is 58.7 Å². The molecular formula is C20H27NOS2. The van der Waals surface area contributed by atoms with E-state index in [9.17, 15) is 5.11 Å². The third-order valence-electron chi connectivity index (χ3n) is 3.64. The second kappa shape index (κ2) is 7.94. The van der Waals surface area contributed by atoms with Crippen molar-refractivity contribution in [3.05, 3.63) is 58.8 Å². The lowest BCUT2D eigenvalue weighted by Crippen LogP contribution is -2.21. The maximum atomic E-state index is 11.2. The molecule has 2 nitrogen and oxygen atoms in total. The monoisotopic (exact) mass is 361 g/mol. The van der Waals surface area contributed by atoms with Crippen molar-refractivity contribution in [3.63, 3.8) is 0 Å². The summed E-state index contributed by atoms with van der Waals surface area (Å²) < 4.78 is 0.0416. The van der Waals surface area contributed by atoms with Crippen molar-refractivity contribution >= 4 is 23.5 Å². The largest absolute Gasteiger partial charge is 0.386 e. The quantitative estimate of drug-likeness (QED) is 0.548. The maximum absolute atomic E-state index is 11.2. The molecule has 0 unspecified atom stereocenters. The highest BCUT2D eigenvalue weighted by molar-refractivity contribution is 8.17. The number of thioether (sulfide) groups is 2. The van der Waals surface area contributed by atoms with Gasteiger partial charge in [0, 0.05) is 10.9 Å². The van der Waals surface area contributed by atoms with Gasteiger partial charge in [0.1, 0.15) is 6.10 Å². The second-order valence-electron chi connectivity index (χ2n) is 7.14. The molecule has 0 radical (unpaired) electrons. The second-order valence-corrected chi connectivity index (χ2v) is 10.6. The molecular weight excluding hydrogens is 334 g/mol. The number of hydrogen-bond donors (Lipinski definition) is 1. The summed E-state index contributed by atoms with van der Waals surface area (Å²) in [5, 5.41) is 12.1. The molecule has 1 aromatic heterocycles. The SMILES string of the molecule is Cc1cc(C)c([C@H](O)[C@H](Sc2ccccn2)SC(C)(C)C)c(C)c1. The molecule has 0 aliphatic rings. The molecule has 0 saturated heterocycles. The minimum absolute atomic E-state index is 0.0139. The van der Waals surface area contributed by atoms with Gasteiger partial charge in [0.2, 0.25) is 0 Å². The van der Waals surface area contributed by atoms with Gasteiger partial charge in [0.15, 0.2) is 0 Å². The smallest absolute Gasteiger partial charge is 0.101 e. The predicted molar refractivity (Wildman–Crippen MR) is 107 cm³/mol. The molecule has 2 aromatic rings. The van der Waals surface area contributed by atoms with Crippen molar-refractivity contribution < 1.29 is 5.11 Å². The van der Waals surface area contributed by atoms with Crippen LogP contribution in [-0.4, -0.2) is 19.4 Å². The van der Waals surface area contributed by atoms with Gasteiger partial charge in [-0.25, -0.2) is 4.98 Å². The highest BCUT2D eigenvalue weighted by Gasteiger charge is 2.30. The van der Waals surface area contributed by atoms with E-state index in [-0.39, 0.29) is 9.33 Å². The molecule has 130 valence electrons. The Morgan fingerprint density at radius 1 is 1.04 bits per heavy atom. The molecule has 2 atom stereocenters. The summed E-state index contributed by atoms with van der Waals surface area (Å²) in [6.07, 6.45) is 1.26. The molecule has 0 amide bonds. The van der Waals surface area contributed by atoms with Crippen molar-refractivity contribution in [1.29, 1.82) is 0 Å². The van der Waals surface area contributed by atoms with Crippen LogP contribution in [0.3, 0.4) is 0 Å². The summed E-state index contributed by atoms with van der Waals surface area (Å²) >= 11 is 3.44. The minimum Gasteiger partial charge on any atom is -0.386 e. The van der Waals surface area contributed by atoms with Crippen LogP contribution in [0.15, 0.2) is 41.6 Å². The molecule has 1 heterocycles. The highest BCUT2D eigenvalue weighted by atomic mass is 32.2. The zero-order chi connectivity index (χ0) is 17.9. The van der Waals surface area contributed by atoms with Crippen LogP contribution in [0.4, 0.5) is 0 Å². The van der Waals surface area contributed by atoms with E-state index < -0.39 is 6.10 Å². The first-order valence-corrected chi connectivity index (χ1v) is 9.94. The number of nitrogens with zero attached hydrogens (tertiary/aromatic N) is 1. The third kappa shape index (κ3) is 5.27. The summed E-state index contributed by atoms with van der Waals surface area (Å²) in [5.74, 6) is 0. The van der Waals surface area contributed by atoms with Crippen LogP contribution < -0.4 is 0 Å². The van der Waals surface area contributed by atoms with Crippen LogP contribution in [0, 0.1) is 20.8 Å². The van der Waals surface area contributed by atoms with Crippen LogP contribution in [0.5, 0.6) is 0 Å². The summed E-state index contributed by atoms with van der Waals surface area (Å²) in [4.78, 5) is 4.42. The molecule has 4 heteroatoms. The Morgan fingerprint density at radius 3 is 2.17 bits per heavy atom. The number of hydrogen-bond acceptors (Lipinski definition) is 4. The fourth-order valence-electron chi connectivity index (χ4n) is 2.83. The van der Waals surface area contributed by atoms with Crippen LogP contribution in [-0.2, 0) is 0 Å². The zero-order valence-corrected chi connectivity index (χ0v) is 17.0. The topological polar surface area (TPSA) is 33.1 Å². The Morgan fingerprint density at radius 2 is 1.67 bits per heavy atom.